The molecule has 1 atom stereocenters. The van der Waals surface area contributed by atoms with Crippen molar-refractivity contribution in [2.75, 3.05) is 0 Å². The smallest absolute Gasteiger partial charge is 0.321 e. The average molecular weight is 272 g/mol. The number of hydrogen-bond donors (Lipinski definition) is 3. The molecule has 20 heavy (non-hydrogen) atoms. The van der Waals surface area contributed by atoms with Gasteiger partial charge in [-0.1, -0.05) is 12.1 Å². The summed E-state index contributed by atoms with van der Waals surface area (Å²) in [5.41, 5.74) is 5.43. The number of aryl methyl sites for hydroxylation is 2. The summed E-state index contributed by atoms with van der Waals surface area (Å²) in [5.74, 6) is -0.789. The minimum Gasteiger partial charge on any atom is -0.480 e. The van der Waals surface area contributed by atoms with Crippen LogP contribution in [-0.4, -0.2) is 22.1 Å². The second-order valence-corrected chi connectivity index (χ2v) is 6.29. The lowest BCUT2D eigenvalue weighted by atomic mass is 9.86. The van der Waals surface area contributed by atoms with Gasteiger partial charge < -0.3 is 10.1 Å². The molecule has 0 fully saturated rings. The Morgan fingerprint density at radius 2 is 1.95 bits per heavy atom. The topological polar surface area (TPSA) is 65.1 Å². The minimum atomic E-state index is -0.789. The van der Waals surface area contributed by atoms with Crippen molar-refractivity contribution < 1.29 is 9.90 Å². The SMILES string of the molecule is Cc1ccc(C)c2c3c([nH]c12)C(C)(C)NC(C(=O)O)C3. The number of benzene rings is 1. The van der Waals surface area contributed by atoms with Crippen LogP contribution in [0.25, 0.3) is 10.9 Å². The first-order valence-corrected chi connectivity index (χ1v) is 6.93. The summed E-state index contributed by atoms with van der Waals surface area (Å²) >= 11 is 0. The van der Waals surface area contributed by atoms with E-state index in [1.54, 1.807) is 0 Å². The molecule has 2 heterocycles. The van der Waals surface area contributed by atoms with E-state index in [9.17, 15) is 9.90 Å². The number of carboxylic acid groups (broad SMARTS) is 1. The molecular weight excluding hydrogens is 252 g/mol. The lowest BCUT2D eigenvalue weighted by molar-refractivity contribution is -0.140. The molecule has 0 radical (unpaired) electrons. The van der Waals surface area contributed by atoms with Gasteiger partial charge in [0, 0.05) is 23.0 Å². The van der Waals surface area contributed by atoms with E-state index in [1.807, 2.05) is 13.8 Å². The zero-order chi connectivity index (χ0) is 14.7. The molecule has 3 N–H and O–H groups in total. The lowest BCUT2D eigenvalue weighted by Crippen LogP contribution is -2.52. The predicted molar refractivity (Wildman–Crippen MR) is 79.1 cm³/mol. The molecule has 4 heteroatoms. The fourth-order valence-corrected chi connectivity index (χ4v) is 3.34. The lowest BCUT2D eigenvalue weighted by Gasteiger charge is -2.35. The van der Waals surface area contributed by atoms with Gasteiger partial charge in [-0.3, -0.25) is 10.1 Å². The molecule has 0 amide bonds. The van der Waals surface area contributed by atoms with Gasteiger partial charge in [0.1, 0.15) is 6.04 Å². The third kappa shape index (κ3) is 1.75. The van der Waals surface area contributed by atoms with Gasteiger partial charge in [-0.05, 0) is 44.4 Å². The van der Waals surface area contributed by atoms with E-state index in [2.05, 4.69) is 36.3 Å². The summed E-state index contributed by atoms with van der Waals surface area (Å²) in [7, 11) is 0. The van der Waals surface area contributed by atoms with Crippen molar-refractivity contribution in [1.82, 2.24) is 10.3 Å². The van der Waals surface area contributed by atoms with E-state index in [4.69, 9.17) is 0 Å². The maximum atomic E-state index is 11.4. The molecule has 106 valence electrons. The van der Waals surface area contributed by atoms with Crippen molar-refractivity contribution in [2.45, 2.75) is 45.7 Å². The zero-order valence-corrected chi connectivity index (χ0v) is 12.3. The molecule has 4 nitrogen and oxygen atoms in total. The molecule has 0 bridgehead atoms. The maximum Gasteiger partial charge on any atom is 0.321 e. The Morgan fingerprint density at radius 3 is 2.60 bits per heavy atom. The van der Waals surface area contributed by atoms with E-state index in [0.29, 0.717) is 6.42 Å². The Labute approximate surface area is 118 Å². The Morgan fingerprint density at radius 1 is 1.30 bits per heavy atom. The fourth-order valence-electron chi connectivity index (χ4n) is 3.34. The number of aliphatic carboxylic acids is 1. The number of aromatic nitrogens is 1. The van der Waals surface area contributed by atoms with Crippen molar-refractivity contribution in [2.24, 2.45) is 0 Å². The minimum absolute atomic E-state index is 0.367. The number of carboxylic acids is 1. The van der Waals surface area contributed by atoms with Gasteiger partial charge in [0.15, 0.2) is 0 Å². The maximum absolute atomic E-state index is 11.4. The van der Waals surface area contributed by atoms with E-state index in [-0.39, 0.29) is 5.54 Å². The highest BCUT2D eigenvalue weighted by atomic mass is 16.4. The Kier molecular flexibility index (Phi) is 2.70. The van der Waals surface area contributed by atoms with Gasteiger partial charge in [0.05, 0.1) is 5.54 Å². The first kappa shape index (κ1) is 13.2. The first-order chi connectivity index (χ1) is 9.31. The third-order valence-electron chi connectivity index (χ3n) is 4.34. The normalized spacial score (nSPS) is 20.9. The van der Waals surface area contributed by atoms with Crippen LogP contribution in [-0.2, 0) is 16.8 Å². The highest BCUT2D eigenvalue weighted by molar-refractivity contribution is 5.91. The monoisotopic (exact) mass is 272 g/mol. The van der Waals surface area contributed by atoms with Gasteiger partial charge >= 0.3 is 5.97 Å². The number of nitrogens with one attached hydrogen (secondary N) is 2. The fraction of sp³-hybridized carbons (Fsp3) is 0.438. The van der Waals surface area contributed by atoms with Crippen molar-refractivity contribution >= 4 is 16.9 Å². The molecule has 3 rings (SSSR count). The summed E-state index contributed by atoms with van der Waals surface area (Å²) in [6, 6.07) is 3.68. The first-order valence-electron chi connectivity index (χ1n) is 6.93. The van der Waals surface area contributed by atoms with Crippen molar-refractivity contribution in [3.8, 4) is 0 Å². The largest absolute Gasteiger partial charge is 0.480 e. The number of carbonyl (C=O) groups is 1. The summed E-state index contributed by atoms with van der Waals surface area (Å²) in [6.07, 6.45) is 0.526. The average Bonchev–Trinajstić information content (AvgIpc) is 2.75. The van der Waals surface area contributed by atoms with E-state index < -0.39 is 12.0 Å². The summed E-state index contributed by atoms with van der Waals surface area (Å²) in [4.78, 5) is 14.9. The summed E-state index contributed by atoms with van der Waals surface area (Å²) in [5, 5.41) is 13.8. The number of hydrogen-bond acceptors (Lipinski definition) is 2. The van der Waals surface area contributed by atoms with E-state index in [0.717, 1.165) is 16.8 Å². The number of rotatable bonds is 1. The summed E-state index contributed by atoms with van der Waals surface area (Å²) < 4.78 is 0. The predicted octanol–water partition coefficient (Wildman–Crippen LogP) is 2.62. The van der Waals surface area contributed by atoms with Crippen LogP contribution in [0.5, 0.6) is 0 Å². The van der Waals surface area contributed by atoms with Gasteiger partial charge in [0.25, 0.3) is 0 Å². The molecule has 1 aliphatic heterocycles. The highest BCUT2D eigenvalue weighted by Crippen LogP contribution is 2.37. The van der Waals surface area contributed by atoms with Crippen LogP contribution in [0.2, 0.25) is 0 Å². The molecule has 1 unspecified atom stereocenters. The molecule has 0 saturated heterocycles. The second-order valence-electron chi connectivity index (χ2n) is 6.29. The van der Waals surface area contributed by atoms with Crippen molar-refractivity contribution in [1.29, 1.82) is 0 Å². The van der Waals surface area contributed by atoms with E-state index in [1.165, 1.54) is 16.5 Å². The van der Waals surface area contributed by atoms with Crippen LogP contribution in [0.1, 0.15) is 36.2 Å². The molecule has 1 aliphatic rings. The van der Waals surface area contributed by atoms with Gasteiger partial charge in [-0.25, -0.2) is 0 Å². The molecule has 0 saturated carbocycles. The molecule has 2 aromatic rings. The van der Waals surface area contributed by atoms with Gasteiger partial charge in [0.2, 0.25) is 0 Å². The van der Waals surface area contributed by atoms with Crippen LogP contribution in [0.4, 0.5) is 0 Å². The number of aromatic amines is 1. The van der Waals surface area contributed by atoms with E-state index >= 15 is 0 Å². The molecule has 0 spiro atoms. The van der Waals surface area contributed by atoms with Crippen LogP contribution >= 0.6 is 0 Å². The quantitative estimate of drug-likeness (QED) is 0.747. The standard InChI is InChI=1S/C16H20N2O2/c1-8-5-6-9(2)13-12(8)10-7-11(15(19)20)18-16(3,4)14(10)17-13/h5-6,11,17-18H,7H2,1-4H3,(H,19,20). The Bertz CT molecular complexity index is 713. The van der Waals surface area contributed by atoms with Crippen molar-refractivity contribution in [3.05, 3.63) is 34.5 Å². The van der Waals surface area contributed by atoms with Crippen molar-refractivity contribution in [3.63, 3.8) is 0 Å². The third-order valence-corrected chi connectivity index (χ3v) is 4.34. The number of H-pyrrole nitrogens is 1. The molecule has 1 aromatic heterocycles. The van der Waals surface area contributed by atoms with Crippen LogP contribution in [0.15, 0.2) is 12.1 Å². The molecular formula is C16H20N2O2. The zero-order valence-electron chi connectivity index (χ0n) is 12.3. The highest BCUT2D eigenvalue weighted by Gasteiger charge is 2.38. The second kappa shape index (κ2) is 4.09. The Balaban J connectivity index is 2.32. The van der Waals surface area contributed by atoms with Crippen LogP contribution in [0.3, 0.4) is 0 Å². The van der Waals surface area contributed by atoms with Gasteiger partial charge in [-0.2, -0.15) is 0 Å². The van der Waals surface area contributed by atoms with Crippen LogP contribution in [0, 0.1) is 13.8 Å². The number of fused-ring (bicyclic) bond motifs is 3. The van der Waals surface area contributed by atoms with Crippen LogP contribution < -0.4 is 5.32 Å². The van der Waals surface area contributed by atoms with Gasteiger partial charge in [-0.15, -0.1) is 0 Å². The molecule has 0 aliphatic carbocycles. The molecule has 1 aromatic carbocycles. The summed E-state index contributed by atoms with van der Waals surface area (Å²) in [6.45, 7) is 8.22. The Hall–Kier alpha value is -1.81.